The Labute approximate surface area is 247 Å². The minimum atomic E-state index is -3.99. The van der Waals surface area contributed by atoms with Gasteiger partial charge in [-0.15, -0.1) is 11.3 Å². The first-order valence-corrected chi connectivity index (χ1v) is 15.1. The number of methoxy groups -OCH3 is 1. The van der Waals surface area contributed by atoms with Gasteiger partial charge in [0.05, 0.1) is 17.6 Å². The number of nitrogens with one attached hydrogen (secondary N) is 4. The van der Waals surface area contributed by atoms with Gasteiger partial charge in [-0.2, -0.15) is 4.31 Å². The molecular formula is C28H30N6O6S2. The highest BCUT2D eigenvalue weighted by Gasteiger charge is 2.30. The van der Waals surface area contributed by atoms with Gasteiger partial charge in [0, 0.05) is 55.6 Å². The van der Waals surface area contributed by atoms with Crippen LogP contribution in [0.2, 0.25) is 0 Å². The van der Waals surface area contributed by atoms with Crippen molar-refractivity contribution < 1.29 is 27.5 Å². The second-order valence-electron chi connectivity index (χ2n) is 9.31. The topological polar surface area (TPSA) is 173 Å². The van der Waals surface area contributed by atoms with E-state index in [1.54, 1.807) is 0 Å². The Morgan fingerprint density at radius 1 is 1.02 bits per heavy atom. The normalized spacial score (nSPS) is 13.2. The van der Waals surface area contributed by atoms with E-state index in [0.29, 0.717) is 19.5 Å². The van der Waals surface area contributed by atoms with E-state index < -0.39 is 27.9 Å². The molecule has 42 heavy (non-hydrogen) atoms. The van der Waals surface area contributed by atoms with Crippen molar-refractivity contribution in [1.29, 1.82) is 10.8 Å². The third kappa shape index (κ3) is 6.97. The van der Waals surface area contributed by atoms with Gasteiger partial charge in [0.2, 0.25) is 10.0 Å². The standard InChI is InChI=1S/C28H30N6O6S2/c1-40-28(37)32-26(36)24-22-11-14-33(17-19-5-3-2-4-6-19)18-23(22)41-27(24)31-25(35)20-7-9-21(10-8-20)42(38,39)34(15-12-29)16-13-30/h2-10,12-13,29-30H,11,14-18H2,1H3,(H,31,35)(H,32,36,37). The summed E-state index contributed by atoms with van der Waals surface area (Å²) in [5, 5.41) is 19.7. The summed E-state index contributed by atoms with van der Waals surface area (Å²) in [6.45, 7) is 1.56. The molecule has 0 saturated heterocycles. The Kier molecular flexibility index (Phi) is 9.96. The first-order chi connectivity index (χ1) is 20.2. The fourth-order valence-electron chi connectivity index (χ4n) is 4.54. The molecule has 0 saturated carbocycles. The van der Waals surface area contributed by atoms with Gasteiger partial charge in [0.25, 0.3) is 11.8 Å². The van der Waals surface area contributed by atoms with Gasteiger partial charge in [-0.3, -0.25) is 19.8 Å². The van der Waals surface area contributed by atoms with E-state index >= 15 is 0 Å². The third-order valence-corrected chi connectivity index (χ3v) is 9.56. The van der Waals surface area contributed by atoms with E-state index in [-0.39, 0.29) is 34.1 Å². The monoisotopic (exact) mass is 610 g/mol. The Bertz CT molecular complexity index is 1580. The molecule has 220 valence electrons. The van der Waals surface area contributed by atoms with E-state index in [1.165, 1.54) is 35.6 Å². The fourth-order valence-corrected chi connectivity index (χ4v) is 7.15. The van der Waals surface area contributed by atoms with Crippen molar-refractivity contribution in [1.82, 2.24) is 14.5 Å². The van der Waals surface area contributed by atoms with Gasteiger partial charge in [-0.1, -0.05) is 30.3 Å². The molecule has 0 unspecified atom stereocenters. The maximum atomic E-state index is 13.2. The fraction of sp³-hybridized carbons (Fsp3) is 0.250. The summed E-state index contributed by atoms with van der Waals surface area (Å²) in [7, 11) is -2.84. The number of amides is 3. The zero-order valence-corrected chi connectivity index (χ0v) is 24.4. The summed E-state index contributed by atoms with van der Waals surface area (Å²) < 4.78 is 31.4. The molecule has 0 spiro atoms. The summed E-state index contributed by atoms with van der Waals surface area (Å²) in [6, 6.07) is 15.2. The maximum absolute atomic E-state index is 13.2. The maximum Gasteiger partial charge on any atom is 0.413 e. The van der Waals surface area contributed by atoms with Crippen LogP contribution in [-0.4, -0.2) is 74.7 Å². The van der Waals surface area contributed by atoms with Crippen LogP contribution in [0.5, 0.6) is 0 Å². The number of hydrogen-bond donors (Lipinski definition) is 4. The number of carbonyl (C=O) groups is 3. The van der Waals surface area contributed by atoms with Gasteiger partial charge < -0.3 is 20.9 Å². The van der Waals surface area contributed by atoms with Gasteiger partial charge in [-0.05, 0) is 41.8 Å². The van der Waals surface area contributed by atoms with Crippen LogP contribution in [0.25, 0.3) is 0 Å². The Balaban J connectivity index is 1.58. The van der Waals surface area contributed by atoms with Crippen LogP contribution in [0, 0.1) is 10.8 Å². The van der Waals surface area contributed by atoms with Crippen LogP contribution in [0.3, 0.4) is 0 Å². The number of hydrogen-bond acceptors (Lipinski definition) is 10. The average molecular weight is 611 g/mol. The molecule has 2 heterocycles. The molecule has 2 aromatic carbocycles. The average Bonchev–Trinajstić information content (AvgIpc) is 3.34. The minimum absolute atomic E-state index is 0.0917. The molecule has 12 nitrogen and oxygen atoms in total. The highest BCUT2D eigenvalue weighted by molar-refractivity contribution is 7.89. The van der Waals surface area contributed by atoms with Crippen molar-refractivity contribution in [2.45, 2.75) is 24.4 Å². The van der Waals surface area contributed by atoms with Crippen LogP contribution in [0.1, 0.15) is 36.7 Å². The summed E-state index contributed by atoms with van der Waals surface area (Å²) >= 11 is 1.25. The van der Waals surface area contributed by atoms with E-state index in [1.807, 2.05) is 30.3 Å². The molecule has 3 aromatic rings. The molecule has 3 amide bonds. The van der Waals surface area contributed by atoms with Gasteiger partial charge >= 0.3 is 6.09 Å². The van der Waals surface area contributed by atoms with Gasteiger partial charge in [0.15, 0.2) is 0 Å². The number of anilines is 1. The molecule has 0 fully saturated rings. The van der Waals surface area contributed by atoms with Crippen LogP contribution in [0.4, 0.5) is 9.80 Å². The molecule has 0 bridgehead atoms. The number of carbonyl (C=O) groups excluding carboxylic acids is 3. The predicted molar refractivity (Wildman–Crippen MR) is 159 cm³/mol. The lowest BCUT2D eigenvalue weighted by molar-refractivity contribution is 0.0936. The number of thiophene rings is 1. The van der Waals surface area contributed by atoms with E-state index in [0.717, 1.165) is 46.4 Å². The number of rotatable bonds is 11. The number of alkyl carbamates (subject to hydrolysis) is 1. The zero-order valence-electron chi connectivity index (χ0n) is 22.8. The van der Waals surface area contributed by atoms with Crippen LogP contribution >= 0.6 is 11.3 Å². The number of ether oxygens (including phenoxy) is 1. The van der Waals surface area contributed by atoms with Crippen LogP contribution in [0.15, 0.2) is 59.5 Å². The molecule has 14 heteroatoms. The number of imide groups is 1. The Hall–Kier alpha value is -4.24. The minimum Gasteiger partial charge on any atom is -0.453 e. The Morgan fingerprint density at radius 3 is 2.31 bits per heavy atom. The first-order valence-electron chi connectivity index (χ1n) is 12.9. The second kappa shape index (κ2) is 13.6. The van der Waals surface area contributed by atoms with Crippen molar-refractivity contribution in [3.05, 3.63) is 81.7 Å². The Morgan fingerprint density at radius 2 is 1.69 bits per heavy atom. The van der Waals surface area contributed by atoms with Crippen molar-refractivity contribution in [2.75, 3.05) is 32.1 Å². The van der Waals surface area contributed by atoms with Crippen LogP contribution < -0.4 is 10.6 Å². The molecule has 4 rings (SSSR count). The molecular weight excluding hydrogens is 580 g/mol. The van der Waals surface area contributed by atoms with Gasteiger partial charge in [-0.25, -0.2) is 13.2 Å². The largest absolute Gasteiger partial charge is 0.453 e. The number of benzene rings is 2. The van der Waals surface area contributed by atoms with Crippen molar-refractivity contribution in [3.8, 4) is 0 Å². The zero-order chi connectivity index (χ0) is 30.3. The number of sulfonamides is 1. The second-order valence-corrected chi connectivity index (χ2v) is 12.4. The lowest BCUT2D eigenvalue weighted by atomic mass is 10.0. The number of fused-ring (bicyclic) bond motifs is 1. The smallest absolute Gasteiger partial charge is 0.413 e. The molecule has 0 aliphatic carbocycles. The molecule has 0 atom stereocenters. The third-order valence-electron chi connectivity index (χ3n) is 6.58. The molecule has 0 radical (unpaired) electrons. The quantitative estimate of drug-likeness (QED) is 0.241. The number of nitrogens with zero attached hydrogens (tertiary/aromatic N) is 2. The van der Waals surface area contributed by atoms with E-state index in [4.69, 9.17) is 10.8 Å². The molecule has 4 N–H and O–H groups in total. The van der Waals surface area contributed by atoms with Crippen molar-refractivity contribution in [3.63, 3.8) is 0 Å². The van der Waals surface area contributed by atoms with E-state index in [2.05, 4.69) is 20.3 Å². The molecule has 1 aliphatic rings. The lowest BCUT2D eigenvalue weighted by Crippen LogP contribution is -2.34. The predicted octanol–water partition coefficient (Wildman–Crippen LogP) is 3.34. The highest BCUT2D eigenvalue weighted by Crippen LogP contribution is 2.38. The summed E-state index contributed by atoms with van der Waals surface area (Å²) in [5.74, 6) is -1.26. The van der Waals surface area contributed by atoms with Crippen molar-refractivity contribution >= 4 is 56.7 Å². The highest BCUT2D eigenvalue weighted by atomic mass is 32.2. The SMILES string of the molecule is COC(=O)NC(=O)c1c(NC(=O)c2ccc(S(=O)(=O)N(CC=N)CC=N)cc2)sc2c1CCN(Cc1ccccc1)C2. The summed E-state index contributed by atoms with van der Waals surface area (Å²) in [4.78, 5) is 41.2. The van der Waals surface area contributed by atoms with E-state index in [9.17, 15) is 22.8 Å². The molecule has 1 aromatic heterocycles. The molecule has 1 aliphatic heterocycles. The van der Waals surface area contributed by atoms with Gasteiger partial charge in [0.1, 0.15) is 5.00 Å². The van der Waals surface area contributed by atoms with Crippen molar-refractivity contribution in [2.24, 2.45) is 0 Å². The van der Waals surface area contributed by atoms with Crippen LogP contribution in [-0.2, 0) is 34.3 Å². The summed E-state index contributed by atoms with van der Waals surface area (Å²) in [5.41, 5.74) is 2.25. The lowest BCUT2D eigenvalue weighted by Gasteiger charge is -2.27. The first kappa shape index (κ1) is 30.7. The summed E-state index contributed by atoms with van der Waals surface area (Å²) in [6.07, 6.45) is 1.47.